The molecule has 1 heterocycles. The molecule has 5 heteroatoms. The smallest absolute Gasteiger partial charge is 0.308 e. The maximum absolute atomic E-state index is 10.3. The first-order chi connectivity index (χ1) is 15.3. The van der Waals surface area contributed by atoms with Gasteiger partial charge in [0.05, 0.1) is 25.0 Å². The van der Waals surface area contributed by atoms with Crippen molar-refractivity contribution in [3.05, 3.63) is 23.8 Å². The standard InChI is InChI=1S/C13H20.C5H8O3.C5H10O2.2C2H6.CH4/c1-3-12-10(2)8-9-11-6-4-5-7-13(11)12;6-4-1-2-8-5(7)3-4;1-3-4(2)5(6)7;2*1-2;/h6,8-10,12-13H,3-5,7H2,1-2H3;4,6H,1-3H2;4H,3H2,1-2H3,(H,6,7);2*1-2H3;1H4/t10-,12?,13?;;;;;/m0...../s1. The SMILES string of the molecule is C.CC.CC.CCC(C)C(=O)O.CCC1C2CCCC=C2C=C[C@@H]1C.O=C1CC(O)CCO1. The first-order valence-electron chi connectivity index (χ1n) is 12.7. The van der Waals surface area contributed by atoms with Crippen LogP contribution in [0.3, 0.4) is 0 Å². The molecule has 0 amide bonds. The molecule has 3 rings (SSSR count). The van der Waals surface area contributed by atoms with Gasteiger partial charge in [-0.2, -0.15) is 0 Å². The number of cyclic esters (lactones) is 1. The average molecular weight is 471 g/mol. The summed E-state index contributed by atoms with van der Waals surface area (Å²) in [6, 6.07) is 0. The first kappa shape index (κ1) is 36.0. The van der Waals surface area contributed by atoms with E-state index in [4.69, 9.17) is 10.2 Å². The Balaban J connectivity index is -0.000000395. The van der Waals surface area contributed by atoms with Crippen LogP contribution < -0.4 is 0 Å². The summed E-state index contributed by atoms with van der Waals surface area (Å²) < 4.78 is 4.55. The van der Waals surface area contributed by atoms with Crippen molar-refractivity contribution < 1.29 is 24.5 Å². The average Bonchev–Trinajstić information content (AvgIpc) is 2.81. The number of aliphatic hydroxyl groups is 1. The highest BCUT2D eigenvalue weighted by Crippen LogP contribution is 2.41. The fourth-order valence-corrected chi connectivity index (χ4v) is 3.84. The van der Waals surface area contributed by atoms with Gasteiger partial charge in [-0.1, -0.05) is 87.5 Å². The third-order valence-electron chi connectivity index (χ3n) is 5.93. The molecule has 1 saturated heterocycles. The molecule has 5 atom stereocenters. The zero-order chi connectivity index (χ0) is 25.1. The number of ether oxygens (including phenoxy) is 1. The molecule has 196 valence electrons. The lowest BCUT2D eigenvalue weighted by Gasteiger charge is -2.36. The highest BCUT2D eigenvalue weighted by Gasteiger charge is 2.30. The lowest BCUT2D eigenvalue weighted by atomic mass is 9.69. The summed E-state index contributed by atoms with van der Waals surface area (Å²) in [4.78, 5) is 20.2. The predicted molar refractivity (Wildman–Crippen MR) is 140 cm³/mol. The topological polar surface area (TPSA) is 83.8 Å². The molecule has 4 unspecified atom stereocenters. The van der Waals surface area contributed by atoms with E-state index in [-0.39, 0.29) is 25.7 Å². The second-order valence-electron chi connectivity index (χ2n) is 8.05. The third kappa shape index (κ3) is 15.0. The van der Waals surface area contributed by atoms with E-state index in [9.17, 15) is 9.59 Å². The molecular weight excluding hydrogens is 416 g/mol. The minimum atomic E-state index is -0.706. The molecule has 1 fully saturated rings. The van der Waals surface area contributed by atoms with Crippen LogP contribution in [0.1, 0.15) is 108 Å². The number of rotatable bonds is 3. The van der Waals surface area contributed by atoms with Gasteiger partial charge in [0.2, 0.25) is 0 Å². The van der Waals surface area contributed by atoms with E-state index in [2.05, 4.69) is 36.8 Å². The van der Waals surface area contributed by atoms with Crippen LogP contribution in [0.4, 0.5) is 0 Å². The number of carbonyl (C=O) groups excluding carboxylic acids is 1. The van der Waals surface area contributed by atoms with Crippen LogP contribution >= 0.6 is 0 Å². The first-order valence-corrected chi connectivity index (χ1v) is 12.7. The van der Waals surface area contributed by atoms with Crippen molar-refractivity contribution in [1.29, 1.82) is 0 Å². The maximum Gasteiger partial charge on any atom is 0.308 e. The summed E-state index contributed by atoms with van der Waals surface area (Å²) in [5, 5.41) is 17.0. The number of fused-ring (bicyclic) bond motifs is 1. The molecule has 1 aliphatic heterocycles. The van der Waals surface area contributed by atoms with E-state index in [0.717, 1.165) is 24.2 Å². The third-order valence-corrected chi connectivity index (χ3v) is 5.93. The van der Waals surface area contributed by atoms with Crippen molar-refractivity contribution in [3.8, 4) is 0 Å². The van der Waals surface area contributed by atoms with Crippen molar-refractivity contribution in [3.63, 3.8) is 0 Å². The van der Waals surface area contributed by atoms with Crippen LogP contribution in [0.25, 0.3) is 0 Å². The summed E-state index contributed by atoms with van der Waals surface area (Å²) in [5.74, 6) is 1.42. The number of aliphatic carboxylic acids is 1. The van der Waals surface area contributed by atoms with Crippen molar-refractivity contribution >= 4 is 11.9 Å². The lowest BCUT2D eigenvalue weighted by Crippen LogP contribution is -2.26. The number of carbonyl (C=O) groups is 2. The van der Waals surface area contributed by atoms with Crippen LogP contribution in [-0.4, -0.2) is 34.9 Å². The van der Waals surface area contributed by atoms with Gasteiger partial charge in [-0.3, -0.25) is 9.59 Å². The van der Waals surface area contributed by atoms with Crippen molar-refractivity contribution in [2.45, 2.75) is 114 Å². The van der Waals surface area contributed by atoms with Crippen LogP contribution in [0.2, 0.25) is 0 Å². The second kappa shape index (κ2) is 22.2. The Morgan fingerprint density at radius 1 is 1.18 bits per heavy atom. The number of esters is 1. The highest BCUT2D eigenvalue weighted by molar-refractivity contribution is 5.70. The molecule has 0 radical (unpaired) electrons. The van der Waals surface area contributed by atoms with E-state index in [1.54, 1.807) is 12.5 Å². The molecule has 33 heavy (non-hydrogen) atoms. The minimum absolute atomic E-state index is 0. The van der Waals surface area contributed by atoms with Crippen LogP contribution in [0.5, 0.6) is 0 Å². The van der Waals surface area contributed by atoms with Gasteiger partial charge in [0.1, 0.15) is 0 Å². The Morgan fingerprint density at radius 2 is 1.79 bits per heavy atom. The molecule has 0 spiro atoms. The molecule has 0 aromatic rings. The minimum Gasteiger partial charge on any atom is -0.481 e. The fraction of sp³-hybridized carbons (Fsp3) is 0.786. The van der Waals surface area contributed by atoms with E-state index in [1.165, 1.54) is 25.7 Å². The number of hydrogen-bond acceptors (Lipinski definition) is 4. The zero-order valence-electron chi connectivity index (χ0n) is 21.9. The molecule has 0 aromatic heterocycles. The van der Waals surface area contributed by atoms with Crippen LogP contribution in [-0.2, 0) is 14.3 Å². The Kier molecular flexibility index (Phi) is 24.2. The molecule has 2 N–H and O–H groups in total. The number of carboxylic acids is 1. The summed E-state index contributed by atoms with van der Waals surface area (Å²) in [7, 11) is 0. The van der Waals surface area contributed by atoms with E-state index < -0.39 is 12.1 Å². The fourth-order valence-electron chi connectivity index (χ4n) is 3.84. The Bertz CT molecular complexity index is 552. The number of hydrogen-bond donors (Lipinski definition) is 2. The summed E-state index contributed by atoms with van der Waals surface area (Å²) in [6.45, 7) is 16.6. The zero-order valence-corrected chi connectivity index (χ0v) is 21.9. The molecule has 3 aliphatic rings. The van der Waals surface area contributed by atoms with Gasteiger partial charge in [0, 0.05) is 6.42 Å². The number of allylic oxidation sites excluding steroid dienone is 4. The molecule has 5 nitrogen and oxygen atoms in total. The Morgan fingerprint density at radius 3 is 2.18 bits per heavy atom. The molecule has 0 bridgehead atoms. The number of carboxylic acid groups (broad SMARTS) is 1. The van der Waals surface area contributed by atoms with Crippen LogP contribution in [0, 0.1) is 23.7 Å². The van der Waals surface area contributed by atoms with Gasteiger partial charge >= 0.3 is 11.9 Å². The highest BCUT2D eigenvalue weighted by atomic mass is 16.5. The van der Waals surface area contributed by atoms with Gasteiger partial charge in [0.25, 0.3) is 0 Å². The summed E-state index contributed by atoms with van der Waals surface area (Å²) >= 11 is 0. The van der Waals surface area contributed by atoms with Crippen molar-refractivity contribution in [2.75, 3.05) is 6.61 Å². The van der Waals surface area contributed by atoms with Gasteiger partial charge in [0.15, 0.2) is 0 Å². The monoisotopic (exact) mass is 470 g/mol. The Labute approximate surface area is 204 Å². The van der Waals surface area contributed by atoms with Gasteiger partial charge in [-0.05, 0) is 49.0 Å². The second-order valence-corrected chi connectivity index (χ2v) is 8.05. The quantitative estimate of drug-likeness (QED) is 0.419. The summed E-state index contributed by atoms with van der Waals surface area (Å²) in [6.07, 6.45) is 13.7. The van der Waals surface area contributed by atoms with Gasteiger partial charge in [-0.25, -0.2) is 0 Å². The van der Waals surface area contributed by atoms with E-state index in [1.807, 2.05) is 34.6 Å². The predicted octanol–water partition coefficient (Wildman–Crippen LogP) is 7.43. The molecule has 0 saturated carbocycles. The summed E-state index contributed by atoms with van der Waals surface area (Å²) in [5.41, 5.74) is 1.64. The van der Waals surface area contributed by atoms with E-state index in [0.29, 0.717) is 13.0 Å². The molecular formula is C28H54O5. The normalized spacial score (nSPS) is 25.5. The molecule has 2 aliphatic carbocycles. The van der Waals surface area contributed by atoms with Gasteiger partial charge in [-0.15, -0.1) is 0 Å². The lowest BCUT2D eigenvalue weighted by molar-refractivity contribution is -0.151. The largest absolute Gasteiger partial charge is 0.481 e. The van der Waals surface area contributed by atoms with Gasteiger partial charge < -0.3 is 14.9 Å². The maximum atomic E-state index is 10.3. The van der Waals surface area contributed by atoms with Crippen molar-refractivity contribution in [2.24, 2.45) is 23.7 Å². The number of aliphatic hydroxyl groups excluding tert-OH is 1. The molecule has 0 aromatic carbocycles. The van der Waals surface area contributed by atoms with E-state index >= 15 is 0 Å². The Hall–Kier alpha value is -1.62. The van der Waals surface area contributed by atoms with Crippen LogP contribution in [0.15, 0.2) is 23.8 Å². The van der Waals surface area contributed by atoms with Crippen molar-refractivity contribution in [1.82, 2.24) is 0 Å².